The Morgan fingerprint density at radius 1 is 1.33 bits per heavy atom. The molecule has 0 bridgehead atoms. The van der Waals surface area contributed by atoms with Crippen molar-refractivity contribution in [2.75, 3.05) is 6.61 Å². The highest BCUT2D eigenvalue weighted by Crippen LogP contribution is 2.48. The lowest BCUT2D eigenvalue weighted by molar-refractivity contribution is 0.0863. The van der Waals surface area contributed by atoms with Crippen LogP contribution in [0.15, 0.2) is 41.4 Å². The molecule has 0 spiro atoms. The summed E-state index contributed by atoms with van der Waals surface area (Å²) >= 11 is 3.36. The maximum absolute atomic E-state index is 9.39. The Bertz CT molecular complexity index is 524. The second-order valence-corrected chi connectivity index (χ2v) is 5.12. The topological polar surface area (TPSA) is 56.8 Å². The summed E-state index contributed by atoms with van der Waals surface area (Å²) < 4.78 is 6.60. The van der Waals surface area contributed by atoms with E-state index in [9.17, 15) is 10.5 Å². The third-order valence-corrected chi connectivity index (χ3v) is 3.80. The van der Waals surface area contributed by atoms with Gasteiger partial charge in [0.1, 0.15) is 6.10 Å². The fourth-order valence-electron chi connectivity index (χ4n) is 2.22. The van der Waals surface area contributed by atoms with Crippen LogP contribution in [0.2, 0.25) is 0 Å². The molecule has 0 saturated carbocycles. The van der Waals surface area contributed by atoms with Crippen molar-refractivity contribution in [3.8, 4) is 12.1 Å². The van der Waals surface area contributed by atoms with Gasteiger partial charge in [-0.1, -0.05) is 34.1 Å². The van der Waals surface area contributed by atoms with Gasteiger partial charge in [0.05, 0.1) is 18.7 Å². The zero-order chi connectivity index (χ0) is 13.2. The lowest BCUT2D eigenvalue weighted by atomic mass is 9.74. The van der Waals surface area contributed by atoms with E-state index in [0.717, 1.165) is 10.0 Å². The van der Waals surface area contributed by atoms with Gasteiger partial charge in [0.25, 0.3) is 0 Å². The molecular weight excluding hydrogens is 292 g/mol. The van der Waals surface area contributed by atoms with Crippen LogP contribution in [0.3, 0.4) is 0 Å². The van der Waals surface area contributed by atoms with Crippen LogP contribution in [0, 0.1) is 34.0 Å². The Morgan fingerprint density at radius 2 is 1.94 bits per heavy atom. The molecule has 0 N–H and O–H groups in total. The lowest BCUT2D eigenvalue weighted by Crippen LogP contribution is -2.27. The number of nitriles is 2. The van der Waals surface area contributed by atoms with Crippen molar-refractivity contribution in [3.05, 3.63) is 47.0 Å². The third-order valence-electron chi connectivity index (χ3n) is 3.27. The number of hydrogen-bond donors (Lipinski definition) is 0. The summed E-state index contributed by atoms with van der Waals surface area (Å²) in [5, 5.41) is 18.8. The highest BCUT2D eigenvalue weighted by atomic mass is 79.9. The van der Waals surface area contributed by atoms with E-state index in [-0.39, 0.29) is 5.92 Å². The largest absolute Gasteiger partial charge is 0.370 e. The number of halogens is 1. The van der Waals surface area contributed by atoms with Gasteiger partial charge in [0.15, 0.2) is 5.41 Å². The summed E-state index contributed by atoms with van der Waals surface area (Å²) in [4.78, 5) is 0. The monoisotopic (exact) mass is 302 g/mol. The fraction of sp³-hybridized carbons (Fsp3) is 0.286. The number of hydrogen-bond acceptors (Lipinski definition) is 3. The van der Waals surface area contributed by atoms with Crippen molar-refractivity contribution in [2.24, 2.45) is 11.3 Å². The summed E-state index contributed by atoms with van der Waals surface area (Å²) in [5.41, 5.74) is -0.346. The maximum atomic E-state index is 9.39. The van der Waals surface area contributed by atoms with Crippen LogP contribution < -0.4 is 0 Å². The van der Waals surface area contributed by atoms with Crippen LogP contribution in [0.5, 0.6) is 0 Å². The molecule has 1 aromatic carbocycles. The minimum absolute atomic E-state index is 0.263. The van der Waals surface area contributed by atoms with Crippen molar-refractivity contribution in [1.29, 1.82) is 10.5 Å². The fourth-order valence-corrected chi connectivity index (χ4v) is 2.48. The summed E-state index contributed by atoms with van der Waals surface area (Å²) in [5.74, 6) is -0.263. The van der Waals surface area contributed by atoms with E-state index < -0.39 is 11.5 Å². The Morgan fingerprint density at radius 3 is 2.44 bits per heavy atom. The van der Waals surface area contributed by atoms with Crippen molar-refractivity contribution in [3.63, 3.8) is 0 Å². The molecule has 1 aliphatic rings. The molecule has 0 radical (unpaired) electrons. The van der Waals surface area contributed by atoms with Gasteiger partial charge in [-0.25, -0.2) is 0 Å². The molecule has 1 aliphatic heterocycles. The average Bonchev–Trinajstić information content (AvgIpc) is 2.78. The highest BCUT2D eigenvalue weighted by Gasteiger charge is 2.52. The van der Waals surface area contributed by atoms with Crippen LogP contribution in [-0.2, 0) is 4.74 Å². The number of benzene rings is 1. The Hall–Kier alpha value is -1.62. The number of rotatable bonds is 2. The molecule has 0 aliphatic carbocycles. The number of nitrogens with zero attached hydrogens (tertiary/aromatic N) is 2. The van der Waals surface area contributed by atoms with Gasteiger partial charge in [-0.3, -0.25) is 0 Å². The van der Waals surface area contributed by atoms with Crippen LogP contribution in [0.4, 0.5) is 0 Å². The van der Waals surface area contributed by atoms with Crippen LogP contribution in [-0.4, -0.2) is 6.61 Å². The summed E-state index contributed by atoms with van der Waals surface area (Å²) in [6.45, 7) is 4.04. The van der Waals surface area contributed by atoms with Crippen LogP contribution in [0.25, 0.3) is 0 Å². The van der Waals surface area contributed by atoms with E-state index in [4.69, 9.17) is 4.74 Å². The van der Waals surface area contributed by atoms with Crippen molar-refractivity contribution < 1.29 is 4.74 Å². The van der Waals surface area contributed by atoms with E-state index in [0.29, 0.717) is 6.61 Å². The molecule has 4 heteroatoms. The zero-order valence-corrected chi connectivity index (χ0v) is 11.2. The predicted octanol–water partition coefficient (Wildman–Crippen LogP) is 3.36. The molecule has 0 aromatic heterocycles. The second kappa shape index (κ2) is 4.94. The minimum Gasteiger partial charge on any atom is -0.370 e. The minimum atomic E-state index is -1.18. The quantitative estimate of drug-likeness (QED) is 0.787. The molecule has 1 heterocycles. The van der Waals surface area contributed by atoms with Crippen molar-refractivity contribution >= 4 is 15.9 Å². The van der Waals surface area contributed by atoms with Crippen LogP contribution >= 0.6 is 15.9 Å². The normalized spacial score (nSPS) is 25.1. The van der Waals surface area contributed by atoms with E-state index >= 15 is 0 Å². The lowest BCUT2D eigenvalue weighted by Gasteiger charge is -2.23. The number of ether oxygens (including phenoxy) is 1. The SMILES string of the molecule is C=C[C@H]1CO[C@@H](c2ccc(Br)cc2)C1(C#N)C#N. The predicted molar refractivity (Wildman–Crippen MR) is 70.2 cm³/mol. The van der Waals surface area contributed by atoms with E-state index in [1.165, 1.54) is 0 Å². The Labute approximate surface area is 114 Å². The highest BCUT2D eigenvalue weighted by molar-refractivity contribution is 9.10. The van der Waals surface area contributed by atoms with Gasteiger partial charge in [0.2, 0.25) is 0 Å². The first-order chi connectivity index (χ1) is 8.67. The summed E-state index contributed by atoms with van der Waals surface area (Å²) in [7, 11) is 0. The maximum Gasteiger partial charge on any atom is 0.182 e. The molecule has 3 nitrogen and oxygen atoms in total. The van der Waals surface area contributed by atoms with Crippen molar-refractivity contribution in [1.82, 2.24) is 0 Å². The van der Waals surface area contributed by atoms with E-state index in [1.807, 2.05) is 24.3 Å². The smallest absolute Gasteiger partial charge is 0.182 e. The average molecular weight is 303 g/mol. The molecule has 1 aromatic rings. The second-order valence-electron chi connectivity index (χ2n) is 4.20. The zero-order valence-electron chi connectivity index (χ0n) is 9.64. The van der Waals surface area contributed by atoms with Gasteiger partial charge in [0, 0.05) is 10.4 Å². The molecule has 1 saturated heterocycles. The molecule has 1 fully saturated rings. The van der Waals surface area contributed by atoms with Gasteiger partial charge >= 0.3 is 0 Å². The van der Waals surface area contributed by atoms with Gasteiger partial charge in [-0.05, 0) is 17.7 Å². The molecule has 2 atom stereocenters. The van der Waals surface area contributed by atoms with Crippen molar-refractivity contribution in [2.45, 2.75) is 6.10 Å². The first-order valence-corrected chi connectivity index (χ1v) is 6.29. The molecule has 2 rings (SSSR count). The first kappa shape index (κ1) is 12.8. The first-order valence-electron chi connectivity index (χ1n) is 5.50. The molecule has 18 heavy (non-hydrogen) atoms. The van der Waals surface area contributed by atoms with Gasteiger partial charge in [-0.2, -0.15) is 10.5 Å². The van der Waals surface area contributed by atoms with Gasteiger partial charge in [-0.15, -0.1) is 6.58 Å². The van der Waals surface area contributed by atoms with E-state index in [2.05, 4.69) is 34.6 Å². The Kier molecular flexibility index (Phi) is 3.52. The van der Waals surface area contributed by atoms with E-state index in [1.54, 1.807) is 6.08 Å². The molecule has 0 unspecified atom stereocenters. The summed E-state index contributed by atoms with van der Waals surface area (Å²) in [6, 6.07) is 11.7. The molecule has 0 amide bonds. The van der Waals surface area contributed by atoms with Crippen LogP contribution in [0.1, 0.15) is 11.7 Å². The van der Waals surface area contributed by atoms with Gasteiger partial charge < -0.3 is 4.74 Å². The summed E-state index contributed by atoms with van der Waals surface area (Å²) in [6.07, 6.45) is 1.11. The Balaban J connectivity index is 2.46. The standard InChI is InChI=1S/C14H11BrN2O/c1-2-11-7-18-13(14(11,8-16)9-17)10-3-5-12(15)6-4-10/h2-6,11,13H,1,7H2/t11-,13-/m0/s1. The molecule has 90 valence electrons. The third kappa shape index (κ3) is 1.84. The molecular formula is C14H11BrN2O.